The highest BCUT2D eigenvalue weighted by Gasteiger charge is 2.12. The van der Waals surface area contributed by atoms with Crippen molar-refractivity contribution in [2.45, 2.75) is 18.6 Å². The number of hydrogen-bond donors (Lipinski definition) is 1. The second-order valence-corrected chi connectivity index (χ2v) is 6.68. The van der Waals surface area contributed by atoms with Crippen LogP contribution in [0.15, 0.2) is 53.7 Å². The van der Waals surface area contributed by atoms with Gasteiger partial charge in [-0.3, -0.25) is 4.79 Å². The van der Waals surface area contributed by atoms with Gasteiger partial charge in [0.05, 0.1) is 31.7 Å². The van der Waals surface area contributed by atoms with Gasteiger partial charge in [-0.15, -0.1) is 5.10 Å². The zero-order valence-electron chi connectivity index (χ0n) is 15.7. The minimum atomic E-state index is -0.156. The molecule has 0 radical (unpaired) electrons. The Labute approximate surface area is 167 Å². The largest absolute Gasteiger partial charge is 0.497 e. The summed E-state index contributed by atoms with van der Waals surface area (Å²) in [6, 6.07) is 15.0. The number of para-hydroxylation sites is 2. The number of anilines is 1. The number of carbonyl (C=O) groups is 1. The molecular formula is C19H21N5O3S. The van der Waals surface area contributed by atoms with E-state index in [1.807, 2.05) is 49.4 Å². The van der Waals surface area contributed by atoms with E-state index in [-0.39, 0.29) is 11.7 Å². The smallest absolute Gasteiger partial charge is 0.234 e. The molecular weight excluding hydrogens is 378 g/mol. The maximum absolute atomic E-state index is 12.3. The average Bonchev–Trinajstić information content (AvgIpc) is 3.15. The van der Waals surface area contributed by atoms with Crippen LogP contribution in [0.5, 0.6) is 11.5 Å². The number of carbonyl (C=O) groups excluding carboxylic acids is 1. The molecule has 0 saturated heterocycles. The normalized spacial score (nSPS) is 10.5. The zero-order valence-corrected chi connectivity index (χ0v) is 16.5. The van der Waals surface area contributed by atoms with E-state index in [9.17, 15) is 4.79 Å². The third kappa shape index (κ3) is 5.23. The van der Waals surface area contributed by atoms with Crippen molar-refractivity contribution in [3.05, 3.63) is 54.1 Å². The quantitative estimate of drug-likeness (QED) is 0.553. The number of amides is 1. The molecule has 0 aliphatic heterocycles. The van der Waals surface area contributed by atoms with Crippen molar-refractivity contribution in [2.75, 3.05) is 24.8 Å². The molecule has 1 N–H and O–H groups in total. The van der Waals surface area contributed by atoms with Crippen LogP contribution in [0.2, 0.25) is 0 Å². The van der Waals surface area contributed by atoms with Gasteiger partial charge in [0.1, 0.15) is 11.5 Å². The van der Waals surface area contributed by atoms with Gasteiger partial charge >= 0.3 is 0 Å². The third-order valence-electron chi connectivity index (χ3n) is 3.78. The average molecular weight is 399 g/mol. The Hall–Kier alpha value is -3.07. The van der Waals surface area contributed by atoms with E-state index in [2.05, 4.69) is 20.8 Å². The lowest BCUT2D eigenvalue weighted by molar-refractivity contribution is -0.113. The number of benzene rings is 2. The minimum absolute atomic E-state index is 0.156. The van der Waals surface area contributed by atoms with Crippen molar-refractivity contribution >= 4 is 23.4 Å². The lowest BCUT2D eigenvalue weighted by Crippen LogP contribution is -2.15. The summed E-state index contributed by atoms with van der Waals surface area (Å²) in [5.41, 5.74) is 1.68. The second kappa shape index (κ2) is 9.75. The number of nitrogens with one attached hydrogen (secondary N) is 1. The van der Waals surface area contributed by atoms with Gasteiger partial charge in [0, 0.05) is 0 Å². The Morgan fingerprint density at radius 1 is 1.18 bits per heavy atom. The molecule has 0 unspecified atom stereocenters. The van der Waals surface area contributed by atoms with Gasteiger partial charge in [-0.1, -0.05) is 36.0 Å². The third-order valence-corrected chi connectivity index (χ3v) is 4.74. The van der Waals surface area contributed by atoms with Crippen LogP contribution in [0, 0.1) is 0 Å². The first kappa shape index (κ1) is 19.7. The van der Waals surface area contributed by atoms with Crippen LogP contribution in [-0.2, 0) is 11.3 Å². The topological polar surface area (TPSA) is 91.2 Å². The second-order valence-electron chi connectivity index (χ2n) is 5.73. The number of thioether (sulfide) groups is 1. The zero-order chi connectivity index (χ0) is 19.8. The van der Waals surface area contributed by atoms with E-state index in [0.717, 1.165) is 11.3 Å². The van der Waals surface area contributed by atoms with Gasteiger partial charge in [0.25, 0.3) is 0 Å². The van der Waals surface area contributed by atoms with Crippen LogP contribution in [0.4, 0.5) is 5.69 Å². The van der Waals surface area contributed by atoms with Crippen LogP contribution in [-0.4, -0.2) is 45.6 Å². The summed E-state index contributed by atoms with van der Waals surface area (Å²) in [7, 11) is 1.63. The molecule has 2 aromatic carbocycles. The molecule has 0 spiro atoms. The molecule has 0 aliphatic carbocycles. The molecule has 0 fully saturated rings. The first-order valence-electron chi connectivity index (χ1n) is 8.73. The van der Waals surface area contributed by atoms with Gasteiger partial charge in [0.15, 0.2) is 0 Å². The van der Waals surface area contributed by atoms with Crippen molar-refractivity contribution in [1.82, 2.24) is 20.2 Å². The van der Waals surface area contributed by atoms with Crippen molar-refractivity contribution < 1.29 is 14.3 Å². The highest BCUT2D eigenvalue weighted by atomic mass is 32.2. The highest BCUT2D eigenvalue weighted by molar-refractivity contribution is 7.99. The lowest BCUT2D eigenvalue weighted by atomic mass is 10.2. The van der Waals surface area contributed by atoms with Crippen LogP contribution < -0.4 is 14.8 Å². The molecule has 146 valence electrons. The standard InChI is InChI=1S/C19H21N5O3S/c1-3-27-17-7-5-4-6-16(17)20-18(25)13-28-19-21-22-23-24(19)12-14-8-10-15(26-2)11-9-14/h4-11H,3,12-13H2,1-2H3,(H,20,25). The molecule has 1 amide bonds. The maximum Gasteiger partial charge on any atom is 0.234 e. The number of tetrazole rings is 1. The molecule has 3 aromatic rings. The van der Waals surface area contributed by atoms with Gasteiger partial charge in [0.2, 0.25) is 11.1 Å². The van der Waals surface area contributed by atoms with E-state index >= 15 is 0 Å². The number of ether oxygens (including phenoxy) is 2. The van der Waals surface area contributed by atoms with Crippen molar-refractivity contribution in [3.63, 3.8) is 0 Å². The van der Waals surface area contributed by atoms with Crippen molar-refractivity contribution in [1.29, 1.82) is 0 Å². The number of rotatable bonds is 9. The van der Waals surface area contributed by atoms with E-state index in [4.69, 9.17) is 9.47 Å². The van der Waals surface area contributed by atoms with E-state index in [0.29, 0.717) is 29.7 Å². The summed E-state index contributed by atoms with van der Waals surface area (Å²) in [6.07, 6.45) is 0. The number of hydrogen-bond acceptors (Lipinski definition) is 7. The Morgan fingerprint density at radius 2 is 1.96 bits per heavy atom. The molecule has 1 heterocycles. The van der Waals surface area contributed by atoms with Gasteiger partial charge in [-0.05, 0) is 47.2 Å². The monoisotopic (exact) mass is 399 g/mol. The molecule has 0 saturated carbocycles. The Morgan fingerprint density at radius 3 is 2.71 bits per heavy atom. The molecule has 0 atom stereocenters. The predicted octanol–water partition coefficient (Wildman–Crippen LogP) is 2.86. The summed E-state index contributed by atoms with van der Waals surface area (Å²) >= 11 is 1.28. The molecule has 8 nitrogen and oxygen atoms in total. The highest BCUT2D eigenvalue weighted by Crippen LogP contribution is 2.24. The van der Waals surface area contributed by atoms with Crippen LogP contribution in [0.3, 0.4) is 0 Å². The van der Waals surface area contributed by atoms with Crippen molar-refractivity contribution in [3.8, 4) is 11.5 Å². The first-order valence-corrected chi connectivity index (χ1v) is 9.71. The molecule has 0 aliphatic rings. The van der Waals surface area contributed by atoms with Crippen LogP contribution in [0.1, 0.15) is 12.5 Å². The molecule has 3 rings (SSSR count). The van der Waals surface area contributed by atoms with Crippen LogP contribution in [0.25, 0.3) is 0 Å². The lowest BCUT2D eigenvalue weighted by Gasteiger charge is -2.11. The Kier molecular flexibility index (Phi) is 6.85. The number of methoxy groups -OCH3 is 1. The molecule has 1 aromatic heterocycles. The number of aromatic nitrogens is 4. The van der Waals surface area contributed by atoms with E-state index in [1.54, 1.807) is 17.9 Å². The van der Waals surface area contributed by atoms with Crippen LogP contribution >= 0.6 is 11.8 Å². The summed E-state index contributed by atoms with van der Waals surface area (Å²) < 4.78 is 12.3. The summed E-state index contributed by atoms with van der Waals surface area (Å²) in [4.78, 5) is 12.3. The van der Waals surface area contributed by atoms with Gasteiger partial charge < -0.3 is 14.8 Å². The summed E-state index contributed by atoms with van der Waals surface area (Å²) in [5.74, 6) is 1.46. The SMILES string of the molecule is CCOc1ccccc1NC(=O)CSc1nnnn1Cc1ccc(OC)cc1. The maximum atomic E-state index is 12.3. The Balaban J connectivity index is 1.58. The van der Waals surface area contributed by atoms with E-state index < -0.39 is 0 Å². The fourth-order valence-electron chi connectivity index (χ4n) is 2.47. The van der Waals surface area contributed by atoms with E-state index in [1.165, 1.54) is 11.8 Å². The first-order chi connectivity index (χ1) is 13.7. The summed E-state index contributed by atoms with van der Waals surface area (Å²) in [5, 5.41) is 15.2. The van der Waals surface area contributed by atoms with Crippen molar-refractivity contribution in [2.24, 2.45) is 0 Å². The molecule has 0 bridgehead atoms. The van der Waals surface area contributed by atoms with Gasteiger partial charge in [-0.25, -0.2) is 4.68 Å². The summed E-state index contributed by atoms with van der Waals surface area (Å²) in [6.45, 7) is 2.94. The predicted molar refractivity (Wildman–Crippen MR) is 107 cm³/mol. The molecule has 9 heteroatoms. The number of nitrogens with zero attached hydrogens (tertiary/aromatic N) is 4. The van der Waals surface area contributed by atoms with Gasteiger partial charge in [-0.2, -0.15) is 0 Å². The fourth-order valence-corrected chi connectivity index (χ4v) is 3.15. The molecule has 28 heavy (non-hydrogen) atoms. The fraction of sp³-hybridized carbons (Fsp3) is 0.263. The Bertz CT molecular complexity index is 914. The minimum Gasteiger partial charge on any atom is -0.497 e.